The van der Waals surface area contributed by atoms with Crippen LogP contribution in [0.15, 0.2) is 30.5 Å². The average molecular weight is 164 g/mol. The van der Waals surface area contributed by atoms with Crippen LogP contribution in [-0.4, -0.2) is 5.97 Å². The Morgan fingerprint density at radius 2 is 2.25 bits per heavy atom. The highest BCUT2D eigenvalue weighted by atomic mass is 16.5. The zero-order chi connectivity index (χ0) is 8.97. The van der Waals surface area contributed by atoms with Crippen LogP contribution in [0.3, 0.4) is 0 Å². The van der Waals surface area contributed by atoms with Crippen molar-refractivity contribution in [2.45, 2.75) is 0 Å². The Hall–Kier alpha value is -1.84. The zero-order valence-corrected chi connectivity index (χ0v) is 6.14. The number of rotatable bonds is 2. The largest absolute Gasteiger partial charge is 0.618 e. The molecule has 0 N–H and O–H groups in total. The van der Waals surface area contributed by atoms with E-state index in [9.17, 15) is 15.1 Å². The molecule has 0 radical (unpaired) electrons. The Balaban J connectivity index is 2.89. The van der Waals surface area contributed by atoms with Crippen molar-refractivity contribution < 1.29 is 14.6 Å². The van der Waals surface area contributed by atoms with Crippen LogP contribution in [0.4, 0.5) is 0 Å². The van der Waals surface area contributed by atoms with E-state index in [1.54, 1.807) is 12.1 Å². The molecular weight excluding hydrogens is 158 g/mol. The molecule has 0 atom stereocenters. The second-order valence-corrected chi connectivity index (χ2v) is 2.10. The number of nitrogens with zero attached hydrogens (tertiary/aromatic N) is 1. The minimum Gasteiger partial charge on any atom is -0.618 e. The first kappa shape index (κ1) is 8.26. The van der Waals surface area contributed by atoms with Gasteiger partial charge in [0.2, 0.25) is 5.69 Å². The number of pyridine rings is 1. The van der Waals surface area contributed by atoms with Crippen LogP contribution in [0.1, 0.15) is 5.69 Å². The molecule has 0 spiro atoms. The molecule has 1 heterocycles. The van der Waals surface area contributed by atoms with Crippen LogP contribution in [0.25, 0.3) is 6.08 Å². The number of aliphatic carboxylic acids is 1. The van der Waals surface area contributed by atoms with Gasteiger partial charge in [-0.3, -0.25) is 0 Å². The fourth-order valence-electron chi connectivity index (χ4n) is 0.724. The molecule has 1 rings (SSSR count). The molecule has 1 aromatic rings. The van der Waals surface area contributed by atoms with Crippen LogP contribution in [0.2, 0.25) is 0 Å². The van der Waals surface area contributed by atoms with Crippen LogP contribution in [0, 0.1) is 5.21 Å². The molecule has 62 valence electrons. The zero-order valence-electron chi connectivity index (χ0n) is 6.14. The van der Waals surface area contributed by atoms with Gasteiger partial charge in [-0.15, -0.1) is 0 Å². The van der Waals surface area contributed by atoms with Gasteiger partial charge in [-0.2, -0.15) is 4.73 Å². The topological polar surface area (TPSA) is 67.1 Å². The predicted octanol–water partition coefficient (Wildman–Crippen LogP) is -0.917. The third-order valence-corrected chi connectivity index (χ3v) is 1.24. The standard InChI is InChI=1S/C8H7NO3/c10-8(11)5-4-7-3-1-2-6-9(7)12/h1-6H,(H,10,11)/p-1/b5-4+. The lowest BCUT2D eigenvalue weighted by Gasteiger charge is -1.98. The molecular formula is C8H6NO3-. The van der Waals surface area contributed by atoms with Crippen molar-refractivity contribution in [3.05, 3.63) is 41.4 Å². The number of hydrogen-bond donors (Lipinski definition) is 0. The fraction of sp³-hybridized carbons (Fsp3) is 0. The van der Waals surface area contributed by atoms with Crippen molar-refractivity contribution in [1.29, 1.82) is 0 Å². The first-order valence-corrected chi connectivity index (χ1v) is 3.27. The number of carbonyl (C=O) groups is 1. The molecule has 0 bridgehead atoms. The first-order valence-electron chi connectivity index (χ1n) is 3.27. The molecule has 0 aliphatic rings. The van der Waals surface area contributed by atoms with Crippen molar-refractivity contribution in [2.24, 2.45) is 0 Å². The molecule has 0 fully saturated rings. The van der Waals surface area contributed by atoms with E-state index in [0.717, 1.165) is 6.08 Å². The lowest BCUT2D eigenvalue weighted by atomic mass is 10.3. The van der Waals surface area contributed by atoms with E-state index in [-0.39, 0.29) is 5.69 Å². The highest BCUT2D eigenvalue weighted by Gasteiger charge is 1.95. The van der Waals surface area contributed by atoms with E-state index in [4.69, 9.17) is 0 Å². The second kappa shape index (κ2) is 3.52. The molecule has 0 unspecified atom stereocenters. The number of hydrogen-bond acceptors (Lipinski definition) is 3. The minimum absolute atomic E-state index is 0.265. The van der Waals surface area contributed by atoms with E-state index in [1.165, 1.54) is 18.3 Å². The molecule has 0 saturated heterocycles. The van der Waals surface area contributed by atoms with Crippen molar-refractivity contribution >= 4 is 12.0 Å². The normalized spacial score (nSPS) is 10.3. The molecule has 0 saturated carbocycles. The van der Waals surface area contributed by atoms with Gasteiger partial charge in [-0.25, -0.2) is 0 Å². The number of carboxylic acid groups (broad SMARTS) is 1. The highest BCUT2D eigenvalue weighted by molar-refractivity contribution is 5.82. The van der Waals surface area contributed by atoms with Crippen LogP contribution < -0.4 is 9.84 Å². The molecule has 4 nitrogen and oxygen atoms in total. The summed E-state index contributed by atoms with van der Waals surface area (Å²) in [4.78, 5) is 9.97. The van der Waals surface area contributed by atoms with E-state index in [1.807, 2.05) is 0 Å². The van der Waals surface area contributed by atoms with Gasteiger partial charge in [-0.1, -0.05) is 0 Å². The summed E-state index contributed by atoms with van der Waals surface area (Å²) in [6.45, 7) is 0. The lowest BCUT2D eigenvalue weighted by molar-refractivity contribution is -0.607. The lowest BCUT2D eigenvalue weighted by Crippen LogP contribution is -2.29. The molecule has 12 heavy (non-hydrogen) atoms. The Kier molecular flexibility index (Phi) is 2.42. The fourth-order valence-corrected chi connectivity index (χ4v) is 0.724. The summed E-state index contributed by atoms with van der Waals surface area (Å²) < 4.78 is 0.569. The maximum atomic E-state index is 10.9. The summed E-state index contributed by atoms with van der Waals surface area (Å²) >= 11 is 0. The third kappa shape index (κ3) is 2.09. The minimum atomic E-state index is -1.32. The number of aromatic nitrogens is 1. The maximum absolute atomic E-state index is 10.9. The summed E-state index contributed by atoms with van der Waals surface area (Å²) in [5.74, 6) is -1.32. The molecule has 1 aromatic heterocycles. The Labute approximate surface area is 69.0 Å². The van der Waals surface area contributed by atoms with Crippen molar-refractivity contribution in [1.82, 2.24) is 0 Å². The number of carbonyl (C=O) groups excluding carboxylic acids is 1. The Bertz CT molecular complexity index is 320. The Morgan fingerprint density at radius 3 is 2.83 bits per heavy atom. The quantitative estimate of drug-likeness (QED) is 0.322. The van der Waals surface area contributed by atoms with Crippen LogP contribution in [0.5, 0.6) is 0 Å². The smallest absolute Gasteiger partial charge is 0.216 e. The van der Waals surface area contributed by atoms with Crippen molar-refractivity contribution in [2.75, 3.05) is 0 Å². The van der Waals surface area contributed by atoms with Crippen molar-refractivity contribution in [3.63, 3.8) is 0 Å². The van der Waals surface area contributed by atoms with E-state index < -0.39 is 5.97 Å². The molecule has 0 aliphatic heterocycles. The van der Waals surface area contributed by atoms with Gasteiger partial charge < -0.3 is 15.1 Å². The predicted molar refractivity (Wildman–Crippen MR) is 39.4 cm³/mol. The van der Waals surface area contributed by atoms with Gasteiger partial charge in [0.1, 0.15) is 0 Å². The highest BCUT2D eigenvalue weighted by Crippen LogP contribution is 1.92. The summed E-state index contributed by atoms with van der Waals surface area (Å²) in [5.41, 5.74) is 0.265. The Morgan fingerprint density at radius 1 is 1.50 bits per heavy atom. The van der Waals surface area contributed by atoms with Gasteiger partial charge in [0.15, 0.2) is 6.20 Å². The van der Waals surface area contributed by atoms with E-state index in [0.29, 0.717) is 4.73 Å². The second-order valence-electron chi connectivity index (χ2n) is 2.10. The molecule has 0 aliphatic carbocycles. The van der Waals surface area contributed by atoms with Gasteiger partial charge >= 0.3 is 0 Å². The van der Waals surface area contributed by atoms with E-state index in [2.05, 4.69) is 0 Å². The summed E-state index contributed by atoms with van der Waals surface area (Å²) in [6.07, 6.45) is 3.28. The van der Waals surface area contributed by atoms with E-state index >= 15 is 0 Å². The summed E-state index contributed by atoms with van der Waals surface area (Å²) in [5, 5.41) is 20.9. The van der Waals surface area contributed by atoms with Gasteiger partial charge in [0.05, 0.1) is 5.97 Å². The monoisotopic (exact) mass is 164 g/mol. The van der Waals surface area contributed by atoms with Crippen LogP contribution >= 0.6 is 0 Å². The average Bonchev–Trinajstić information content (AvgIpc) is 2.03. The van der Waals surface area contributed by atoms with Gasteiger partial charge in [0.25, 0.3) is 0 Å². The number of carboxylic acids is 1. The maximum Gasteiger partial charge on any atom is 0.216 e. The third-order valence-electron chi connectivity index (χ3n) is 1.24. The molecule has 0 amide bonds. The van der Waals surface area contributed by atoms with Crippen molar-refractivity contribution in [3.8, 4) is 0 Å². The van der Waals surface area contributed by atoms with Crippen LogP contribution in [-0.2, 0) is 4.79 Å². The molecule has 0 aromatic carbocycles. The first-order chi connectivity index (χ1) is 5.70. The summed E-state index contributed by atoms with van der Waals surface area (Å²) in [6, 6.07) is 4.71. The summed E-state index contributed by atoms with van der Waals surface area (Å²) in [7, 11) is 0. The van der Waals surface area contributed by atoms with Gasteiger partial charge in [0, 0.05) is 18.2 Å². The van der Waals surface area contributed by atoms with Gasteiger partial charge in [-0.05, 0) is 12.1 Å². The SMILES string of the molecule is O=C([O-])/C=C/c1cccc[n+]1[O-]. The molecule has 4 heteroatoms.